The first-order valence-electron chi connectivity index (χ1n) is 13.1. The number of pyridine rings is 1. The molecule has 0 aliphatic heterocycles. The summed E-state index contributed by atoms with van der Waals surface area (Å²) in [6, 6.07) is 19.7. The lowest BCUT2D eigenvalue weighted by Crippen LogP contribution is -2.17. The molecule has 7 nitrogen and oxygen atoms in total. The normalized spacial score (nSPS) is 12.0. The minimum atomic E-state index is -1.03. The van der Waals surface area contributed by atoms with Gasteiger partial charge in [-0.05, 0) is 61.4 Å². The monoisotopic (exact) mass is 557 g/mol. The summed E-state index contributed by atoms with van der Waals surface area (Å²) in [5, 5.41) is 9.45. The van der Waals surface area contributed by atoms with Crippen molar-refractivity contribution in [2.75, 3.05) is 7.11 Å². The molecule has 0 spiro atoms. The average molecular weight is 558 g/mol. The second kappa shape index (κ2) is 11.9. The highest BCUT2D eigenvalue weighted by Gasteiger charge is 2.18. The van der Waals surface area contributed by atoms with Gasteiger partial charge in [-0.2, -0.15) is 0 Å². The Hall–Kier alpha value is -4.63. The number of halogens is 2. The number of fused-ring (bicyclic) bond motifs is 1. The molecule has 0 saturated carbocycles. The molecule has 1 N–H and O–H groups in total. The summed E-state index contributed by atoms with van der Waals surface area (Å²) >= 11 is 0. The molecule has 5 aromatic rings. The molecule has 0 radical (unpaired) electrons. The molecule has 210 valence electrons. The number of hydrogen-bond acceptors (Lipinski definition) is 5. The Morgan fingerprint density at radius 2 is 1.76 bits per heavy atom. The standard InChI is InChI=1S/C32H29F2N3O4/c1-19-7-8-24(25(33)13-19)18-41-31-6-4-5-27(36-31)22-10-9-21(26(34)14-22)16-30-35-28-12-11-23(32(38)39)15-29(28)37(30)17-20(2)40-3/h4-15,20H,16-18H2,1-3H3,(H,38,39)/t20-/m0/s1. The van der Waals surface area contributed by atoms with E-state index >= 15 is 4.39 Å². The van der Waals surface area contributed by atoms with Crippen LogP contribution in [0.25, 0.3) is 22.3 Å². The third-order valence-corrected chi connectivity index (χ3v) is 6.92. The second-order valence-electron chi connectivity index (χ2n) is 9.92. The molecule has 2 heterocycles. The van der Waals surface area contributed by atoms with Crippen molar-refractivity contribution in [2.24, 2.45) is 0 Å². The van der Waals surface area contributed by atoms with Crippen molar-refractivity contribution < 1.29 is 28.2 Å². The maximum absolute atomic E-state index is 15.4. The number of aromatic nitrogens is 3. The average Bonchev–Trinajstić information content (AvgIpc) is 3.29. The first-order valence-corrected chi connectivity index (χ1v) is 13.1. The van der Waals surface area contributed by atoms with E-state index in [1.54, 1.807) is 55.6 Å². The lowest BCUT2D eigenvalue weighted by Gasteiger charge is -2.15. The number of carboxylic acid groups (broad SMARTS) is 1. The molecule has 0 aliphatic rings. The van der Waals surface area contributed by atoms with E-state index in [0.29, 0.717) is 51.7 Å². The molecule has 5 rings (SSSR count). The van der Waals surface area contributed by atoms with Crippen LogP contribution in [-0.2, 0) is 24.3 Å². The van der Waals surface area contributed by atoms with E-state index in [9.17, 15) is 14.3 Å². The molecule has 3 aromatic carbocycles. The first-order chi connectivity index (χ1) is 19.7. The highest BCUT2D eigenvalue weighted by atomic mass is 19.1. The molecule has 9 heteroatoms. The molecular weight excluding hydrogens is 528 g/mol. The van der Waals surface area contributed by atoms with Crippen LogP contribution in [0.1, 0.15) is 39.8 Å². The number of carbonyl (C=O) groups is 1. The number of methoxy groups -OCH3 is 1. The summed E-state index contributed by atoms with van der Waals surface area (Å²) in [6.45, 7) is 4.16. The lowest BCUT2D eigenvalue weighted by atomic mass is 10.1. The van der Waals surface area contributed by atoms with Crippen LogP contribution in [0.2, 0.25) is 0 Å². The molecule has 41 heavy (non-hydrogen) atoms. The van der Waals surface area contributed by atoms with Gasteiger partial charge in [0.15, 0.2) is 0 Å². The zero-order valence-electron chi connectivity index (χ0n) is 22.9. The van der Waals surface area contributed by atoms with Gasteiger partial charge in [0.25, 0.3) is 0 Å². The van der Waals surface area contributed by atoms with Crippen LogP contribution >= 0.6 is 0 Å². The van der Waals surface area contributed by atoms with Crippen molar-refractivity contribution in [3.63, 3.8) is 0 Å². The number of rotatable bonds is 10. The van der Waals surface area contributed by atoms with E-state index in [0.717, 1.165) is 5.56 Å². The Morgan fingerprint density at radius 1 is 0.976 bits per heavy atom. The van der Waals surface area contributed by atoms with Crippen LogP contribution < -0.4 is 4.74 Å². The smallest absolute Gasteiger partial charge is 0.335 e. The van der Waals surface area contributed by atoms with Gasteiger partial charge >= 0.3 is 5.97 Å². The van der Waals surface area contributed by atoms with Crippen LogP contribution in [0.3, 0.4) is 0 Å². The zero-order chi connectivity index (χ0) is 29.1. The number of aryl methyl sites for hydroxylation is 1. The van der Waals surface area contributed by atoms with E-state index in [1.165, 1.54) is 18.2 Å². The first kappa shape index (κ1) is 27.9. The third kappa shape index (κ3) is 6.25. The van der Waals surface area contributed by atoms with Gasteiger partial charge in [0.1, 0.15) is 24.1 Å². The number of carboxylic acids is 1. The van der Waals surface area contributed by atoms with Crippen molar-refractivity contribution in [1.29, 1.82) is 0 Å². The third-order valence-electron chi connectivity index (χ3n) is 6.92. The highest BCUT2D eigenvalue weighted by molar-refractivity contribution is 5.92. The summed E-state index contributed by atoms with van der Waals surface area (Å²) in [7, 11) is 1.60. The summed E-state index contributed by atoms with van der Waals surface area (Å²) in [6.07, 6.45) is 0.0214. The fourth-order valence-electron chi connectivity index (χ4n) is 4.57. The van der Waals surface area contributed by atoms with Crippen molar-refractivity contribution in [1.82, 2.24) is 14.5 Å². The molecule has 1 atom stereocenters. The Balaban J connectivity index is 1.39. The number of benzene rings is 3. The minimum Gasteiger partial charge on any atom is -0.478 e. The van der Waals surface area contributed by atoms with E-state index in [4.69, 9.17) is 9.47 Å². The fourth-order valence-corrected chi connectivity index (χ4v) is 4.57. The summed E-state index contributed by atoms with van der Waals surface area (Å²) in [5.74, 6) is -0.912. The molecule has 0 amide bonds. The Kier molecular flexibility index (Phi) is 8.07. The fraction of sp³-hybridized carbons (Fsp3) is 0.219. The molecule has 0 unspecified atom stereocenters. The van der Waals surface area contributed by atoms with E-state index in [-0.39, 0.29) is 30.5 Å². The Labute approximate surface area is 236 Å². The van der Waals surface area contributed by atoms with Crippen LogP contribution in [0.4, 0.5) is 8.78 Å². The second-order valence-corrected chi connectivity index (χ2v) is 9.92. The van der Waals surface area contributed by atoms with Crippen molar-refractivity contribution in [2.45, 2.75) is 39.5 Å². The number of imidazole rings is 1. The number of ether oxygens (including phenoxy) is 2. The van der Waals surface area contributed by atoms with Gasteiger partial charge in [-0.25, -0.2) is 23.5 Å². The van der Waals surface area contributed by atoms with Crippen LogP contribution in [0, 0.1) is 18.6 Å². The van der Waals surface area contributed by atoms with Crippen LogP contribution in [-0.4, -0.2) is 38.8 Å². The van der Waals surface area contributed by atoms with Crippen molar-refractivity contribution >= 4 is 17.0 Å². The number of hydrogen-bond donors (Lipinski definition) is 1. The molecule has 0 aliphatic carbocycles. The molecule has 2 aromatic heterocycles. The molecule has 0 fully saturated rings. The zero-order valence-corrected chi connectivity index (χ0v) is 22.9. The van der Waals surface area contributed by atoms with Crippen LogP contribution in [0.5, 0.6) is 5.88 Å². The molecule has 0 bridgehead atoms. The predicted molar refractivity (Wildman–Crippen MR) is 151 cm³/mol. The van der Waals surface area contributed by atoms with E-state index in [2.05, 4.69) is 9.97 Å². The molecule has 0 saturated heterocycles. The molecular formula is C32H29F2N3O4. The quantitative estimate of drug-likeness (QED) is 0.209. The SMILES string of the molecule is CO[C@@H](C)Cn1c(Cc2ccc(-c3cccc(OCc4ccc(C)cc4F)n3)cc2F)nc2ccc(C(=O)O)cc21. The maximum atomic E-state index is 15.4. The van der Waals surface area contributed by atoms with E-state index < -0.39 is 11.8 Å². The predicted octanol–water partition coefficient (Wildman–Crippen LogP) is 6.59. The summed E-state index contributed by atoms with van der Waals surface area (Å²) < 4.78 is 42.6. The minimum absolute atomic E-state index is 0.0203. The Morgan fingerprint density at radius 3 is 2.49 bits per heavy atom. The van der Waals surface area contributed by atoms with Gasteiger partial charge in [0, 0.05) is 30.7 Å². The van der Waals surface area contributed by atoms with Gasteiger partial charge in [-0.1, -0.05) is 30.3 Å². The van der Waals surface area contributed by atoms with Crippen molar-refractivity contribution in [3.8, 4) is 17.1 Å². The van der Waals surface area contributed by atoms with Gasteiger partial charge in [0.05, 0.1) is 34.9 Å². The van der Waals surface area contributed by atoms with Crippen molar-refractivity contribution in [3.05, 3.63) is 113 Å². The summed E-state index contributed by atoms with van der Waals surface area (Å²) in [4.78, 5) is 20.7. The lowest BCUT2D eigenvalue weighted by molar-refractivity contribution is 0.0697. The van der Waals surface area contributed by atoms with Crippen LogP contribution in [0.15, 0.2) is 72.8 Å². The van der Waals surface area contributed by atoms with Gasteiger partial charge in [0.2, 0.25) is 5.88 Å². The Bertz CT molecular complexity index is 1730. The largest absolute Gasteiger partial charge is 0.478 e. The topological polar surface area (TPSA) is 86.5 Å². The van der Waals surface area contributed by atoms with E-state index in [1.807, 2.05) is 24.5 Å². The number of nitrogens with zero attached hydrogens (tertiary/aromatic N) is 3. The highest BCUT2D eigenvalue weighted by Crippen LogP contribution is 2.26. The van der Waals surface area contributed by atoms with Gasteiger partial charge in [-0.15, -0.1) is 0 Å². The maximum Gasteiger partial charge on any atom is 0.335 e. The number of aromatic carboxylic acids is 1. The van der Waals surface area contributed by atoms with Gasteiger partial charge in [-0.3, -0.25) is 0 Å². The van der Waals surface area contributed by atoms with Gasteiger partial charge < -0.3 is 19.1 Å². The summed E-state index contributed by atoms with van der Waals surface area (Å²) in [5.41, 5.74) is 4.16.